The molecule has 14 heavy (non-hydrogen) atoms. The molecule has 1 aromatic rings. The van der Waals surface area contributed by atoms with Crippen LogP contribution in [0.25, 0.3) is 0 Å². The van der Waals surface area contributed by atoms with Crippen molar-refractivity contribution in [2.75, 3.05) is 12.4 Å². The summed E-state index contributed by atoms with van der Waals surface area (Å²) in [5.74, 6) is 0.730. The lowest BCUT2D eigenvalue weighted by atomic mass is 10.1. The number of ketones is 1. The Morgan fingerprint density at radius 2 is 2.14 bits per heavy atom. The van der Waals surface area contributed by atoms with E-state index in [1.807, 2.05) is 19.1 Å². The summed E-state index contributed by atoms with van der Waals surface area (Å²) in [7, 11) is 1.58. The highest BCUT2D eigenvalue weighted by Crippen LogP contribution is 2.31. The summed E-state index contributed by atoms with van der Waals surface area (Å²) in [6.45, 7) is 1.90. The van der Waals surface area contributed by atoms with Crippen LogP contribution in [0, 0.1) is 6.92 Å². The summed E-state index contributed by atoms with van der Waals surface area (Å²) in [6, 6.07) is 3.71. The van der Waals surface area contributed by atoms with Crippen molar-refractivity contribution in [1.29, 1.82) is 0 Å². The molecule has 0 aliphatic rings. The van der Waals surface area contributed by atoms with E-state index in [4.69, 9.17) is 4.74 Å². The largest absolute Gasteiger partial charge is 0.496 e. The molecule has 76 valence electrons. The molecule has 0 saturated heterocycles. The van der Waals surface area contributed by atoms with E-state index in [2.05, 4.69) is 31.9 Å². The number of methoxy groups -OCH3 is 1. The summed E-state index contributed by atoms with van der Waals surface area (Å²) >= 11 is 6.52. The van der Waals surface area contributed by atoms with Gasteiger partial charge in [0.25, 0.3) is 0 Å². The van der Waals surface area contributed by atoms with Gasteiger partial charge in [-0.25, -0.2) is 0 Å². The summed E-state index contributed by atoms with van der Waals surface area (Å²) in [5, 5.41) is 0.319. The van der Waals surface area contributed by atoms with Crippen LogP contribution in [0.5, 0.6) is 5.75 Å². The predicted molar refractivity (Wildman–Crippen MR) is 63.6 cm³/mol. The van der Waals surface area contributed by atoms with E-state index in [0.717, 1.165) is 10.0 Å². The van der Waals surface area contributed by atoms with Gasteiger partial charge in [-0.15, -0.1) is 0 Å². The molecule has 0 unspecified atom stereocenters. The van der Waals surface area contributed by atoms with Crippen LogP contribution in [0.3, 0.4) is 0 Å². The summed E-state index contributed by atoms with van der Waals surface area (Å²) in [4.78, 5) is 11.6. The second kappa shape index (κ2) is 4.94. The van der Waals surface area contributed by atoms with Crippen LogP contribution in [0.1, 0.15) is 15.9 Å². The first-order valence-electron chi connectivity index (χ1n) is 4.04. The van der Waals surface area contributed by atoms with Crippen molar-refractivity contribution >= 4 is 37.6 Å². The highest BCUT2D eigenvalue weighted by Gasteiger charge is 2.15. The second-order valence-electron chi connectivity index (χ2n) is 2.83. The van der Waals surface area contributed by atoms with Crippen LogP contribution in [0.4, 0.5) is 0 Å². The Labute approximate surface area is 99.9 Å². The Balaban J connectivity index is 3.32. The molecule has 0 N–H and O–H groups in total. The predicted octanol–water partition coefficient (Wildman–Crippen LogP) is 3.34. The molecule has 0 aliphatic carbocycles. The Kier molecular flexibility index (Phi) is 4.13. The Hall–Kier alpha value is -0.350. The average Bonchev–Trinajstić information content (AvgIpc) is 2.18. The Morgan fingerprint density at radius 3 is 2.64 bits per heavy atom. The number of aryl methyl sites for hydroxylation is 1. The van der Waals surface area contributed by atoms with Crippen molar-refractivity contribution in [2.24, 2.45) is 0 Å². The molecule has 0 radical (unpaired) electrons. The topological polar surface area (TPSA) is 26.3 Å². The van der Waals surface area contributed by atoms with Gasteiger partial charge >= 0.3 is 0 Å². The van der Waals surface area contributed by atoms with Gasteiger partial charge in [-0.3, -0.25) is 4.79 Å². The number of hydrogen-bond acceptors (Lipinski definition) is 2. The van der Waals surface area contributed by atoms with Gasteiger partial charge in [0.15, 0.2) is 5.78 Å². The van der Waals surface area contributed by atoms with Gasteiger partial charge in [-0.2, -0.15) is 0 Å². The minimum atomic E-state index is 0.0493. The number of ether oxygens (including phenoxy) is 1. The van der Waals surface area contributed by atoms with E-state index in [1.54, 1.807) is 7.11 Å². The fourth-order valence-corrected chi connectivity index (χ4v) is 2.33. The van der Waals surface area contributed by atoms with E-state index in [9.17, 15) is 4.79 Å². The van der Waals surface area contributed by atoms with Crippen molar-refractivity contribution in [2.45, 2.75) is 6.92 Å². The number of Topliss-reactive ketones (excluding diaryl/α,β-unsaturated/α-hetero) is 1. The van der Waals surface area contributed by atoms with E-state index in [0.29, 0.717) is 16.6 Å². The molecule has 0 fully saturated rings. The maximum Gasteiger partial charge on any atom is 0.174 e. The Bertz CT molecular complexity index is 361. The third-order valence-corrected chi connectivity index (χ3v) is 3.23. The fourth-order valence-electron chi connectivity index (χ4n) is 1.22. The van der Waals surface area contributed by atoms with Crippen LogP contribution in [0.2, 0.25) is 0 Å². The number of halogens is 2. The van der Waals surface area contributed by atoms with Gasteiger partial charge in [0.2, 0.25) is 0 Å². The van der Waals surface area contributed by atoms with E-state index >= 15 is 0 Å². The molecule has 0 aliphatic heterocycles. The highest BCUT2D eigenvalue weighted by atomic mass is 79.9. The molecular weight excluding hydrogens is 312 g/mol. The standard InChI is InChI=1S/C10H10Br2O2/c1-6-3-4-8(14-2)10(12)9(6)7(13)5-11/h3-4H,5H2,1-2H3. The molecule has 0 amide bonds. The summed E-state index contributed by atoms with van der Waals surface area (Å²) in [5.41, 5.74) is 1.63. The summed E-state index contributed by atoms with van der Waals surface area (Å²) in [6.07, 6.45) is 0. The molecule has 0 heterocycles. The maximum atomic E-state index is 11.6. The first-order chi connectivity index (χ1) is 6.61. The van der Waals surface area contributed by atoms with Crippen LogP contribution in [0.15, 0.2) is 16.6 Å². The molecule has 0 aromatic heterocycles. The lowest BCUT2D eigenvalue weighted by Gasteiger charge is -2.09. The van der Waals surface area contributed by atoms with Gasteiger partial charge in [0.1, 0.15) is 5.75 Å². The Morgan fingerprint density at radius 1 is 1.50 bits per heavy atom. The lowest BCUT2D eigenvalue weighted by Crippen LogP contribution is -2.05. The first-order valence-corrected chi connectivity index (χ1v) is 5.95. The molecule has 0 saturated carbocycles. The number of benzene rings is 1. The third-order valence-electron chi connectivity index (χ3n) is 1.93. The van der Waals surface area contributed by atoms with E-state index in [1.165, 1.54) is 0 Å². The van der Waals surface area contributed by atoms with Gasteiger partial charge in [-0.1, -0.05) is 22.0 Å². The SMILES string of the molecule is COc1ccc(C)c(C(=O)CBr)c1Br. The van der Waals surface area contributed by atoms with Crippen LogP contribution < -0.4 is 4.74 Å². The van der Waals surface area contributed by atoms with Gasteiger partial charge in [0, 0.05) is 5.56 Å². The van der Waals surface area contributed by atoms with Gasteiger partial charge < -0.3 is 4.74 Å². The van der Waals surface area contributed by atoms with Gasteiger partial charge in [-0.05, 0) is 34.5 Å². The monoisotopic (exact) mass is 320 g/mol. The zero-order chi connectivity index (χ0) is 10.7. The zero-order valence-electron chi connectivity index (χ0n) is 7.93. The number of carbonyl (C=O) groups excluding carboxylic acids is 1. The second-order valence-corrected chi connectivity index (χ2v) is 4.18. The van der Waals surface area contributed by atoms with Gasteiger partial charge in [0.05, 0.1) is 16.9 Å². The molecule has 0 atom stereocenters. The van der Waals surface area contributed by atoms with Crippen molar-refractivity contribution in [1.82, 2.24) is 0 Å². The quantitative estimate of drug-likeness (QED) is 0.630. The van der Waals surface area contributed by atoms with E-state index < -0.39 is 0 Å². The lowest BCUT2D eigenvalue weighted by molar-refractivity contribution is 0.102. The third kappa shape index (κ3) is 2.17. The molecule has 1 aromatic carbocycles. The average molecular weight is 322 g/mol. The van der Waals surface area contributed by atoms with Crippen LogP contribution >= 0.6 is 31.9 Å². The summed E-state index contributed by atoms with van der Waals surface area (Å²) < 4.78 is 5.85. The van der Waals surface area contributed by atoms with E-state index in [-0.39, 0.29) is 5.78 Å². The van der Waals surface area contributed by atoms with Crippen molar-refractivity contribution in [3.05, 3.63) is 27.7 Å². The van der Waals surface area contributed by atoms with Crippen LogP contribution in [-0.4, -0.2) is 18.2 Å². The molecule has 0 bridgehead atoms. The minimum Gasteiger partial charge on any atom is -0.496 e. The van der Waals surface area contributed by atoms with Crippen molar-refractivity contribution in [3.63, 3.8) is 0 Å². The zero-order valence-corrected chi connectivity index (χ0v) is 11.1. The first kappa shape index (κ1) is 11.7. The molecule has 1 rings (SSSR count). The molecular formula is C10H10Br2O2. The maximum absolute atomic E-state index is 11.6. The van der Waals surface area contributed by atoms with Crippen LogP contribution in [-0.2, 0) is 0 Å². The minimum absolute atomic E-state index is 0.0493. The van der Waals surface area contributed by atoms with Crippen molar-refractivity contribution < 1.29 is 9.53 Å². The molecule has 2 nitrogen and oxygen atoms in total. The number of rotatable bonds is 3. The molecule has 4 heteroatoms. The molecule has 0 spiro atoms. The smallest absolute Gasteiger partial charge is 0.174 e. The van der Waals surface area contributed by atoms with Crippen molar-refractivity contribution in [3.8, 4) is 5.75 Å². The highest BCUT2D eigenvalue weighted by molar-refractivity contribution is 9.10. The fraction of sp³-hybridized carbons (Fsp3) is 0.300. The number of carbonyl (C=O) groups is 1. The number of alkyl halides is 1. The number of hydrogen-bond donors (Lipinski definition) is 0. The normalized spacial score (nSPS) is 10.0.